The summed E-state index contributed by atoms with van der Waals surface area (Å²) in [4.78, 5) is 26.5. The van der Waals surface area contributed by atoms with Gasteiger partial charge < -0.3 is 19.4 Å². The lowest BCUT2D eigenvalue weighted by atomic mass is 9.90. The lowest BCUT2D eigenvalue weighted by Gasteiger charge is -2.48. The number of anilines is 1. The van der Waals surface area contributed by atoms with Crippen LogP contribution in [0.4, 0.5) is 10.6 Å². The molecule has 1 atom stereocenters. The van der Waals surface area contributed by atoms with Crippen LogP contribution in [0.2, 0.25) is 0 Å². The second kappa shape index (κ2) is 6.08. The molecule has 7 nitrogen and oxygen atoms in total. The van der Waals surface area contributed by atoms with E-state index in [1.54, 1.807) is 37.6 Å². The van der Waals surface area contributed by atoms with Crippen LogP contribution in [-0.4, -0.2) is 78.3 Å². The van der Waals surface area contributed by atoms with Gasteiger partial charge in [-0.15, -0.1) is 0 Å². The Labute approximate surface area is 130 Å². The van der Waals surface area contributed by atoms with Crippen molar-refractivity contribution in [2.24, 2.45) is 0 Å². The minimum atomic E-state index is -0.292. The number of nitrogens with zero attached hydrogens (tertiary/aromatic N) is 5. The van der Waals surface area contributed by atoms with Crippen LogP contribution in [0.25, 0.3) is 0 Å². The van der Waals surface area contributed by atoms with Crippen LogP contribution in [-0.2, 0) is 4.74 Å². The fourth-order valence-electron chi connectivity index (χ4n) is 3.29. The predicted molar refractivity (Wildman–Crippen MR) is 82.8 cm³/mol. The molecule has 1 spiro atoms. The summed E-state index contributed by atoms with van der Waals surface area (Å²) in [6, 6.07) is 0.0549. The SMILES string of the molecule is CN(C)C(=O)N1CCO[C@]2(CCCN(c3cnccn3)C2)C1. The number of morpholine rings is 1. The van der Waals surface area contributed by atoms with Crippen molar-refractivity contribution in [3.8, 4) is 0 Å². The molecule has 0 radical (unpaired) electrons. The summed E-state index contributed by atoms with van der Waals surface area (Å²) in [5, 5.41) is 0. The number of amides is 2. The highest BCUT2D eigenvalue weighted by Crippen LogP contribution is 2.31. The zero-order valence-corrected chi connectivity index (χ0v) is 13.2. The molecule has 2 saturated heterocycles. The Morgan fingerprint density at radius 3 is 2.91 bits per heavy atom. The molecule has 3 rings (SSSR count). The van der Waals surface area contributed by atoms with Crippen LogP contribution >= 0.6 is 0 Å². The van der Waals surface area contributed by atoms with Gasteiger partial charge in [-0.2, -0.15) is 0 Å². The summed E-state index contributed by atoms with van der Waals surface area (Å²) in [5.74, 6) is 0.876. The van der Waals surface area contributed by atoms with Gasteiger partial charge in [0.25, 0.3) is 0 Å². The number of hydrogen-bond acceptors (Lipinski definition) is 5. The first kappa shape index (κ1) is 15.0. The molecule has 0 saturated carbocycles. The van der Waals surface area contributed by atoms with Crippen molar-refractivity contribution in [3.63, 3.8) is 0 Å². The third-order valence-electron chi connectivity index (χ3n) is 4.31. The normalized spacial score (nSPS) is 25.4. The molecule has 2 aliphatic rings. The Hall–Kier alpha value is -1.89. The smallest absolute Gasteiger partial charge is 0.319 e. The van der Waals surface area contributed by atoms with E-state index in [-0.39, 0.29) is 11.6 Å². The Morgan fingerprint density at radius 2 is 2.18 bits per heavy atom. The number of carbonyl (C=O) groups is 1. The van der Waals surface area contributed by atoms with Crippen molar-refractivity contribution < 1.29 is 9.53 Å². The van der Waals surface area contributed by atoms with Gasteiger partial charge in [0.2, 0.25) is 0 Å². The molecule has 1 aromatic rings. The van der Waals surface area contributed by atoms with Gasteiger partial charge in [-0.1, -0.05) is 0 Å². The maximum Gasteiger partial charge on any atom is 0.319 e. The quantitative estimate of drug-likeness (QED) is 0.769. The van der Waals surface area contributed by atoms with E-state index in [9.17, 15) is 4.79 Å². The van der Waals surface area contributed by atoms with Gasteiger partial charge >= 0.3 is 6.03 Å². The molecule has 2 amide bonds. The average Bonchev–Trinajstić information content (AvgIpc) is 2.55. The van der Waals surface area contributed by atoms with Gasteiger partial charge in [0.1, 0.15) is 11.4 Å². The predicted octanol–water partition coefficient (Wildman–Crippen LogP) is 0.829. The lowest BCUT2D eigenvalue weighted by Crippen LogP contribution is -2.61. The molecular formula is C15H23N5O2. The number of hydrogen-bond donors (Lipinski definition) is 0. The van der Waals surface area contributed by atoms with Crippen LogP contribution in [0.5, 0.6) is 0 Å². The molecule has 3 heterocycles. The molecule has 0 aliphatic carbocycles. The molecule has 2 fully saturated rings. The van der Waals surface area contributed by atoms with Gasteiger partial charge in [0.15, 0.2) is 0 Å². The molecule has 2 aliphatic heterocycles. The Morgan fingerprint density at radius 1 is 1.32 bits per heavy atom. The van der Waals surface area contributed by atoms with Gasteiger partial charge in [0.05, 0.1) is 25.9 Å². The van der Waals surface area contributed by atoms with E-state index in [2.05, 4.69) is 14.9 Å². The van der Waals surface area contributed by atoms with Crippen molar-refractivity contribution in [2.45, 2.75) is 18.4 Å². The summed E-state index contributed by atoms with van der Waals surface area (Å²) < 4.78 is 6.12. The Bertz CT molecular complexity index is 520. The molecule has 120 valence electrons. The summed E-state index contributed by atoms with van der Waals surface area (Å²) in [7, 11) is 3.58. The second-order valence-corrected chi connectivity index (χ2v) is 6.22. The fourth-order valence-corrected chi connectivity index (χ4v) is 3.29. The van der Waals surface area contributed by atoms with E-state index in [0.717, 1.165) is 31.7 Å². The average molecular weight is 305 g/mol. The van der Waals surface area contributed by atoms with E-state index in [1.807, 2.05) is 4.90 Å². The second-order valence-electron chi connectivity index (χ2n) is 6.22. The molecule has 22 heavy (non-hydrogen) atoms. The summed E-state index contributed by atoms with van der Waals surface area (Å²) in [6.07, 6.45) is 7.17. The lowest BCUT2D eigenvalue weighted by molar-refractivity contribution is -0.104. The molecule has 0 bridgehead atoms. The first-order valence-electron chi connectivity index (χ1n) is 7.71. The number of ether oxygens (including phenoxy) is 1. The van der Waals surface area contributed by atoms with E-state index in [0.29, 0.717) is 19.7 Å². The zero-order valence-electron chi connectivity index (χ0n) is 13.2. The monoisotopic (exact) mass is 305 g/mol. The molecule has 0 aromatic carbocycles. The van der Waals surface area contributed by atoms with Crippen molar-refractivity contribution in [1.29, 1.82) is 0 Å². The Balaban J connectivity index is 1.73. The third-order valence-corrected chi connectivity index (χ3v) is 4.31. The molecule has 7 heteroatoms. The number of piperidine rings is 1. The van der Waals surface area contributed by atoms with Gasteiger partial charge in [-0.3, -0.25) is 4.98 Å². The molecular weight excluding hydrogens is 282 g/mol. The van der Waals surface area contributed by atoms with Crippen LogP contribution in [0.15, 0.2) is 18.6 Å². The first-order valence-corrected chi connectivity index (χ1v) is 7.71. The first-order chi connectivity index (χ1) is 10.6. The van der Waals surface area contributed by atoms with Crippen molar-refractivity contribution in [2.75, 3.05) is 51.8 Å². The Kier molecular flexibility index (Phi) is 4.15. The minimum Gasteiger partial charge on any atom is -0.369 e. The minimum absolute atomic E-state index is 0.0549. The van der Waals surface area contributed by atoms with Gasteiger partial charge in [-0.25, -0.2) is 9.78 Å². The highest BCUT2D eigenvalue weighted by Gasteiger charge is 2.42. The number of aromatic nitrogens is 2. The van der Waals surface area contributed by atoms with E-state index in [4.69, 9.17) is 4.74 Å². The maximum absolute atomic E-state index is 12.2. The van der Waals surface area contributed by atoms with Crippen LogP contribution in [0.3, 0.4) is 0 Å². The molecule has 1 aromatic heterocycles. The fraction of sp³-hybridized carbons (Fsp3) is 0.667. The summed E-state index contributed by atoms with van der Waals surface area (Å²) in [5.41, 5.74) is -0.292. The zero-order chi connectivity index (χ0) is 15.6. The van der Waals surface area contributed by atoms with Crippen LogP contribution in [0, 0.1) is 0 Å². The summed E-state index contributed by atoms with van der Waals surface area (Å²) >= 11 is 0. The van der Waals surface area contributed by atoms with Gasteiger partial charge in [0, 0.05) is 39.6 Å². The van der Waals surface area contributed by atoms with Crippen molar-refractivity contribution in [3.05, 3.63) is 18.6 Å². The van der Waals surface area contributed by atoms with Gasteiger partial charge in [-0.05, 0) is 12.8 Å². The molecule has 0 N–H and O–H groups in total. The number of carbonyl (C=O) groups excluding carboxylic acids is 1. The van der Waals surface area contributed by atoms with Crippen molar-refractivity contribution >= 4 is 11.8 Å². The third kappa shape index (κ3) is 2.99. The highest BCUT2D eigenvalue weighted by molar-refractivity contribution is 5.74. The highest BCUT2D eigenvalue weighted by atomic mass is 16.5. The maximum atomic E-state index is 12.2. The topological polar surface area (TPSA) is 61.8 Å². The van der Waals surface area contributed by atoms with E-state index in [1.165, 1.54) is 0 Å². The standard InChI is InChI=1S/C15H23N5O2/c1-18(2)14(21)20-8-9-22-15(12-20)4-3-7-19(11-15)13-10-16-5-6-17-13/h5-6,10H,3-4,7-9,11-12H2,1-2H3/t15-/m0/s1. The number of rotatable bonds is 1. The largest absolute Gasteiger partial charge is 0.369 e. The van der Waals surface area contributed by atoms with Crippen LogP contribution in [0.1, 0.15) is 12.8 Å². The van der Waals surface area contributed by atoms with Crippen LogP contribution < -0.4 is 4.90 Å². The molecule has 0 unspecified atom stereocenters. The van der Waals surface area contributed by atoms with E-state index < -0.39 is 0 Å². The van der Waals surface area contributed by atoms with Crippen molar-refractivity contribution in [1.82, 2.24) is 19.8 Å². The summed E-state index contributed by atoms with van der Waals surface area (Å²) in [6.45, 7) is 3.59. The number of urea groups is 1. The van der Waals surface area contributed by atoms with E-state index >= 15 is 0 Å².